The van der Waals surface area contributed by atoms with Crippen LogP contribution < -0.4 is 10.6 Å². The van der Waals surface area contributed by atoms with E-state index in [0.717, 1.165) is 19.4 Å². The Morgan fingerprint density at radius 2 is 2.19 bits per heavy atom. The zero-order chi connectivity index (χ0) is 12.2. The second-order valence-corrected chi connectivity index (χ2v) is 5.40. The summed E-state index contributed by atoms with van der Waals surface area (Å²) in [5.74, 6) is 0.539. The quantitative estimate of drug-likeness (QED) is 0.775. The van der Waals surface area contributed by atoms with Gasteiger partial charge in [-0.25, -0.2) is 4.79 Å². The summed E-state index contributed by atoms with van der Waals surface area (Å²) in [5.41, 5.74) is -0.415. The molecule has 2 N–H and O–H groups in total. The predicted molar refractivity (Wildman–Crippen MR) is 64.4 cm³/mol. The fourth-order valence-corrected chi connectivity index (χ4v) is 2.07. The van der Waals surface area contributed by atoms with Crippen LogP contribution in [0, 0.1) is 5.92 Å². The Bertz CT molecular complexity index is 236. The van der Waals surface area contributed by atoms with E-state index in [0.29, 0.717) is 18.5 Å². The normalized spacial score (nSPS) is 25.5. The van der Waals surface area contributed by atoms with Crippen LogP contribution in [0.5, 0.6) is 0 Å². The van der Waals surface area contributed by atoms with Crippen LogP contribution in [0.25, 0.3) is 0 Å². The Hall–Kier alpha value is -0.770. The minimum absolute atomic E-state index is 0.311. The van der Waals surface area contributed by atoms with Gasteiger partial charge >= 0.3 is 6.09 Å². The van der Waals surface area contributed by atoms with Crippen molar-refractivity contribution >= 4 is 6.09 Å². The van der Waals surface area contributed by atoms with E-state index in [1.807, 2.05) is 20.8 Å². The second kappa shape index (κ2) is 5.53. The number of carbonyl (C=O) groups is 1. The van der Waals surface area contributed by atoms with Crippen molar-refractivity contribution in [3.8, 4) is 0 Å². The molecular weight excluding hydrogens is 204 g/mol. The molecule has 1 amide bonds. The van der Waals surface area contributed by atoms with Gasteiger partial charge in [0.25, 0.3) is 0 Å². The Morgan fingerprint density at radius 1 is 1.50 bits per heavy atom. The fraction of sp³-hybridized carbons (Fsp3) is 0.917. The van der Waals surface area contributed by atoms with E-state index in [-0.39, 0.29) is 6.09 Å². The van der Waals surface area contributed by atoms with Crippen molar-refractivity contribution in [3.63, 3.8) is 0 Å². The minimum atomic E-state index is -0.415. The number of rotatable bonds is 3. The monoisotopic (exact) mass is 228 g/mol. The SMILES string of the molecule is CCC1NCCC1CNC(=O)OC(C)(C)C. The number of ether oxygens (including phenoxy) is 1. The van der Waals surface area contributed by atoms with E-state index >= 15 is 0 Å². The third-order valence-corrected chi connectivity index (χ3v) is 2.84. The summed E-state index contributed by atoms with van der Waals surface area (Å²) >= 11 is 0. The van der Waals surface area contributed by atoms with Crippen LogP contribution in [0.4, 0.5) is 4.79 Å². The van der Waals surface area contributed by atoms with Gasteiger partial charge in [0.05, 0.1) is 0 Å². The molecule has 0 aromatic rings. The van der Waals surface area contributed by atoms with Gasteiger partial charge in [0, 0.05) is 12.6 Å². The lowest BCUT2D eigenvalue weighted by molar-refractivity contribution is 0.0518. The van der Waals surface area contributed by atoms with Gasteiger partial charge in [-0.05, 0) is 46.1 Å². The minimum Gasteiger partial charge on any atom is -0.444 e. The first-order chi connectivity index (χ1) is 7.42. The molecule has 1 heterocycles. The van der Waals surface area contributed by atoms with Crippen molar-refractivity contribution in [3.05, 3.63) is 0 Å². The number of hydrogen-bond donors (Lipinski definition) is 2. The topological polar surface area (TPSA) is 50.4 Å². The first-order valence-corrected chi connectivity index (χ1v) is 6.12. The largest absolute Gasteiger partial charge is 0.444 e. The standard InChI is InChI=1S/C12H24N2O2/c1-5-10-9(6-7-13-10)8-14-11(15)16-12(2,3)4/h9-10,13H,5-8H2,1-4H3,(H,14,15). The molecule has 1 saturated heterocycles. The van der Waals surface area contributed by atoms with Gasteiger partial charge in [-0.2, -0.15) is 0 Å². The maximum Gasteiger partial charge on any atom is 0.407 e. The third-order valence-electron chi connectivity index (χ3n) is 2.84. The van der Waals surface area contributed by atoms with Gasteiger partial charge in [-0.15, -0.1) is 0 Å². The number of carbonyl (C=O) groups excluding carboxylic acids is 1. The van der Waals surface area contributed by atoms with Crippen LogP contribution in [0.15, 0.2) is 0 Å². The Morgan fingerprint density at radius 3 is 2.75 bits per heavy atom. The lowest BCUT2D eigenvalue weighted by atomic mass is 9.99. The molecule has 94 valence electrons. The van der Waals surface area contributed by atoms with Gasteiger partial charge in [-0.1, -0.05) is 6.92 Å². The van der Waals surface area contributed by atoms with Gasteiger partial charge < -0.3 is 15.4 Å². The second-order valence-electron chi connectivity index (χ2n) is 5.40. The number of amides is 1. The zero-order valence-corrected chi connectivity index (χ0v) is 10.8. The van der Waals surface area contributed by atoms with Crippen LogP contribution in [-0.4, -0.2) is 30.8 Å². The van der Waals surface area contributed by atoms with Gasteiger partial charge in [-0.3, -0.25) is 0 Å². The molecule has 0 aliphatic carbocycles. The van der Waals surface area contributed by atoms with Crippen LogP contribution in [-0.2, 0) is 4.74 Å². The fourth-order valence-electron chi connectivity index (χ4n) is 2.07. The lowest BCUT2D eigenvalue weighted by Gasteiger charge is -2.22. The van der Waals surface area contributed by atoms with E-state index < -0.39 is 5.60 Å². The number of hydrogen-bond acceptors (Lipinski definition) is 3. The maximum atomic E-state index is 11.5. The maximum absolute atomic E-state index is 11.5. The molecule has 4 nitrogen and oxygen atoms in total. The van der Waals surface area contributed by atoms with Crippen LogP contribution in [0.1, 0.15) is 40.5 Å². The van der Waals surface area contributed by atoms with E-state index in [1.54, 1.807) is 0 Å². The first-order valence-electron chi connectivity index (χ1n) is 6.12. The highest BCUT2D eigenvalue weighted by atomic mass is 16.6. The van der Waals surface area contributed by atoms with Crippen LogP contribution in [0.3, 0.4) is 0 Å². The molecule has 1 rings (SSSR count). The molecule has 0 radical (unpaired) electrons. The van der Waals surface area contributed by atoms with Crippen molar-refractivity contribution in [1.29, 1.82) is 0 Å². The smallest absolute Gasteiger partial charge is 0.407 e. The molecule has 2 atom stereocenters. The Kier molecular flexibility index (Phi) is 4.59. The summed E-state index contributed by atoms with van der Waals surface area (Å²) in [4.78, 5) is 11.5. The van der Waals surface area contributed by atoms with Crippen LogP contribution in [0.2, 0.25) is 0 Å². The Labute approximate surface area is 98.1 Å². The molecule has 1 aliphatic rings. The summed E-state index contributed by atoms with van der Waals surface area (Å²) in [6, 6.07) is 0.537. The molecule has 0 saturated carbocycles. The van der Waals surface area contributed by atoms with Gasteiger partial charge in [0.1, 0.15) is 5.60 Å². The van der Waals surface area contributed by atoms with E-state index in [1.165, 1.54) is 0 Å². The van der Waals surface area contributed by atoms with Crippen molar-refractivity contribution < 1.29 is 9.53 Å². The van der Waals surface area contributed by atoms with Crippen LogP contribution >= 0.6 is 0 Å². The zero-order valence-electron chi connectivity index (χ0n) is 10.8. The highest BCUT2D eigenvalue weighted by molar-refractivity contribution is 5.67. The number of alkyl carbamates (subject to hydrolysis) is 1. The highest BCUT2D eigenvalue weighted by Gasteiger charge is 2.26. The summed E-state index contributed by atoms with van der Waals surface area (Å²) in [6.45, 7) is 9.55. The predicted octanol–water partition coefficient (Wildman–Crippen LogP) is 1.90. The molecule has 0 aromatic carbocycles. The van der Waals surface area contributed by atoms with Crippen molar-refractivity contribution in [2.24, 2.45) is 5.92 Å². The van der Waals surface area contributed by atoms with E-state index in [4.69, 9.17) is 4.74 Å². The van der Waals surface area contributed by atoms with E-state index in [2.05, 4.69) is 17.6 Å². The van der Waals surface area contributed by atoms with E-state index in [9.17, 15) is 4.79 Å². The highest BCUT2D eigenvalue weighted by Crippen LogP contribution is 2.17. The molecule has 16 heavy (non-hydrogen) atoms. The summed E-state index contributed by atoms with van der Waals surface area (Å²) in [5, 5.41) is 6.28. The number of nitrogens with one attached hydrogen (secondary N) is 2. The summed E-state index contributed by atoms with van der Waals surface area (Å²) in [7, 11) is 0. The summed E-state index contributed by atoms with van der Waals surface area (Å²) in [6.07, 6.45) is 1.93. The average molecular weight is 228 g/mol. The third kappa shape index (κ3) is 4.39. The van der Waals surface area contributed by atoms with Crippen molar-refractivity contribution in [2.75, 3.05) is 13.1 Å². The summed E-state index contributed by atoms with van der Waals surface area (Å²) < 4.78 is 5.20. The van der Waals surface area contributed by atoms with Crippen molar-refractivity contribution in [1.82, 2.24) is 10.6 Å². The van der Waals surface area contributed by atoms with Crippen molar-refractivity contribution in [2.45, 2.75) is 52.2 Å². The van der Waals surface area contributed by atoms with Gasteiger partial charge in [0.2, 0.25) is 0 Å². The van der Waals surface area contributed by atoms with Gasteiger partial charge in [0.15, 0.2) is 0 Å². The molecule has 0 aromatic heterocycles. The average Bonchev–Trinajstić information content (AvgIpc) is 2.59. The molecule has 0 spiro atoms. The molecule has 1 aliphatic heterocycles. The molecule has 2 unspecified atom stereocenters. The Balaban J connectivity index is 2.26. The molecule has 1 fully saturated rings. The lowest BCUT2D eigenvalue weighted by Crippen LogP contribution is -2.38. The molecule has 4 heteroatoms. The molecular formula is C12H24N2O2. The molecule has 0 bridgehead atoms. The first kappa shape index (κ1) is 13.3.